The molecule has 1 aliphatic rings. The van der Waals surface area contributed by atoms with Crippen LogP contribution in [-0.2, 0) is 6.18 Å². The lowest BCUT2D eigenvalue weighted by molar-refractivity contribution is -0.139. The van der Waals surface area contributed by atoms with Crippen LogP contribution >= 0.6 is 0 Å². The van der Waals surface area contributed by atoms with Crippen LogP contribution in [0.4, 0.5) is 17.6 Å². The van der Waals surface area contributed by atoms with Crippen molar-refractivity contribution in [2.75, 3.05) is 19.6 Å². The van der Waals surface area contributed by atoms with Crippen LogP contribution in [0.5, 0.6) is 0 Å². The third-order valence-corrected chi connectivity index (χ3v) is 4.21. The minimum atomic E-state index is -4.56. The molecule has 6 heteroatoms. The highest BCUT2D eigenvalue weighted by Gasteiger charge is 2.40. The number of rotatable bonds is 3. The van der Waals surface area contributed by atoms with Crippen molar-refractivity contribution in [3.63, 3.8) is 0 Å². The zero-order valence-corrected chi connectivity index (χ0v) is 12.0. The molecule has 1 aliphatic heterocycles. The number of benzene rings is 1. The van der Waals surface area contributed by atoms with Gasteiger partial charge in [-0.05, 0) is 56.1 Å². The van der Waals surface area contributed by atoms with Crippen molar-refractivity contribution in [2.24, 2.45) is 11.7 Å². The molecule has 1 aromatic rings. The van der Waals surface area contributed by atoms with Crippen molar-refractivity contribution < 1.29 is 17.6 Å². The number of hydrogen-bond donors (Lipinski definition) is 1. The van der Waals surface area contributed by atoms with Crippen LogP contribution in [0.25, 0.3) is 0 Å². The Balaban J connectivity index is 2.51. The molecule has 2 atom stereocenters. The van der Waals surface area contributed by atoms with E-state index in [4.69, 9.17) is 5.73 Å². The van der Waals surface area contributed by atoms with Crippen molar-refractivity contribution in [3.8, 4) is 0 Å². The van der Waals surface area contributed by atoms with Crippen LogP contribution in [0.15, 0.2) is 18.2 Å². The molecule has 2 nitrogen and oxygen atoms in total. The van der Waals surface area contributed by atoms with Gasteiger partial charge in [-0.15, -0.1) is 0 Å². The lowest BCUT2D eigenvalue weighted by Crippen LogP contribution is -2.42. The second-order valence-corrected chi connectivity index (χ2v) is 5.44. The van der Waals surface area contributed by atoms with Crippen molar-refractivity contribution in [2.45, 2.75) is 32.0 Å². The van der Waals surface area contributed by atoms with Gasteiger partial charge in [0.2, 0.25) is 0 Å². The van der Waals surface area contributed by atoms with Gasteiger partial charge in [0.1, 0.15) is 5.82 Å². The summed E-state index contributed by atoms with van der Waals surface area (Å²) in [5.41, 5.74) is 5.01. The zero-order chi connectivity index (χ0) is 15.6. The fourth-order valence-electron chi connectivity index (χ4n) is 3.24. The number of nitrogens with zero attached hydrogens (tertiary/aromatic N) is 1. The number of nitrogens with two attached hydrogens (primary N) is 1. The Morgan fingerprint density at radius 2 is 2.05 bits per heavy atom. The normalized spacial score (nSPS) is 24.3. The molecule has 0 aliphatic carbocycles. The SMILES string of the molecule is CCN1CCCC(CN)C1c1ccc(F)cc1C(F)(F)F. The van der Waals surface area contributed by atoms with E-state index in [1.807, 2.05) is 11.8 Å². The summed E-state index contributed by atoms with van der Waals surface area (Å²) in [6, 6.07) is 2.55. The lowest BCUT2D eigenvalue weighted by Gasteiger charge is -2.41. The zero-order valence-electron chi connectivity index (χ0n) is 12.0. The maximum atomic E-state index is 13.3. The average molecular weight is 304 g/mol. The molecule has 2 N–H and O–H groups in total. The average Bonchev–Trinajstić information content (AvgIpc) is 2.45. The molecule has 1 aromatic carbocycles. The highest BCUT2D eigenvalue weighted by molar-refractivity contribution is 5.34. The maximum absolute atomic E-state index is 13.3. The van der Waals surface area contributed by atoms with Gasteiger partial charge < -0.3 is 5.73 Å². The predicted octanol–water partition coefficient (Wildman–Crippen LogP) is 3.58. The Morgan fingerprint density at radius 3 is 2.62 bits per heavy atom. The third kappa shape index (κ3) is 3.37. The van der Waals surface area contributed by atoms with Crippen molar-refractivity contribution in [1.82, 2.24) is 4.90 Å². The first kappa shape index (κ1) is 16.2. The minimum absolute atomic E-state index is 0.0368. The number of halogens is 4. The first-order chi connectivity index (χ1) is 9.88. The molecule has 1 heterocycles. The summed E-state index contributed by atoms with van der Waals surface area (Å²) in [5.74, 6) is -0.903. The van der Waals surface area contributed by atoms with Crippen LogP contribution in [0.2, 0.25) is 0 Å². The van der Waals surface area contributed by atoms with Crippen molar-refractivity contribution in [1.29, 1.82) is 0 Å². The van der Waals surface area contributed by atoms with Gasteiger partial charge in [0, 0.05) is 6.04 Å². The summed E-state index contributed by atoms with van der Waals surface area (Å²) in [6.07, 6.45) is -2.84. The van der Waals surface area contributed by atoms with Crippen LogP contribution in [0.1, 0.15) is 36.9 Å². The summed E-state index contributed by atoms with van der Waals surface area (Å²) >= 11 is 0. The van der Waals surface area contributed by atoms with E-state index in [0.717, 1.165) is 25.5 Å². The van der Waals surface area contributed by atoms with Gasteiger partial charge in [0.25, 0.3) is 0 Å². The van der Waals surface area contributed by atoms with E-state index in [-0.39, 0.29) is 11.5 Å². The van der Waals surface area contributed by atoms with Gasteiger partial charge >= 0.3 is 6.18 Å². The van der Waals surface area contributed by atoms with E-state index in [1.165, 1.54) is 6.07 Å². The summed E-state index contributed by atoms with van der Waals surface area (Å²) < 4.78 is 53.0. The highest BCUT2D eigenvalue weighted by atomic mass is 19.4. The Labute approximate surface area is 121 Å². The van der Waals surface area contributed by atoms with E-state index in [1.54, 1.807) is 0 Å². The molecule has 21 heavy (non-hydrogen) atoms. The summed E-state index contributed by atoms with van der Waals surface area (Å²) in [7, 11) is 0. The first-order valence-corrected chi connectivity index (χ1v) is 7.19. The molecule has 0 spiro atoms. The monoisotopic (exact) mass is 304 g/mol. The van der Waals surface area contributed by atoms with Crippen LogP contribution in [0.3, 0.4) is 0 Å². The fourth-order valence-corrected chi connectivity index (χ4v) is 3.24. The Hall–Kier alpha value is -1.14. The van der Waals surface area contributed by atoms with E-state index in [2.05, 4.69) is 0 Å². The lowest BCUT2D eigenvalue weighted by atomic mass is 9.82. The van der Waals surface area contributed by atoms with E-state index >= 15 is 0 Å². The quantitative estimate of drug-likeness (QED) is 0.865. The van der Waals surface area contributed by atoms with E-state index in [9.17, 15) is 17.6 Å². The molecule has 0 saturated carbocycles. The molecule has 0 radical (unpaired) electrons. The fraction of sp³-hybridized carbons (Fsp3) is 0.600. The standard InChI is InChI=1S/C15H20F4N2/c1-2-21-7-3-4-10(9-20)14(21)12-6-5-11(16)8-13(12)15(17,18)19/h5-6,8,10,14H,2-4,7,9,20H2,1H3. The molecular formula is C15H20F4N2. The second-order valence-electron chi connectivity index (χ2n) is 5.44. The third-order valence-electron chi connectivity index (χ3n) is 4.21. The van der Waals surface area contributed by atoms with Gasteiger partial charge in [-0.1, -0.05) is 13.0 Å². The second kappa shape index (κ2) is 6.32. The molecule has 2 unspecified atom stereocenters. The molecule has 118 valence electrons. The predicted molar refractivity (Wildman–Crippen MR) is 73.2 cm³/mol. The van der Waals surface area contributed by atoms with Crippen molar-refractivity contribution >= 4 is 0 Å². The smallest absolute Gasteiger partial charge is 0.330 e. The van der Waals surface area contributed by atoms with E-state index < -0.39 is 23.6 Å². The van der Waals surface area contributed by atoms with Crippen LogP contribution in [-0.4, -0.2) is 24.5 Å². The Morgan fingerprint density at radius 1 is 1.33 bits per heavy atom. The summed E-state index contributed by atoms with van der Waals surface area (Å²) in [6.45, 7) is 3.64. The maximum Gasteiger partial charge on any atom is 0.416 e. The van der Waals surface area contributed by atoms with Crippen molar-refractivity contribution in [3.05, 3.63) is 35.1 Å². The molecule has 1 saturated heterocycles. The molecular weight excluding hydrogens is 284 g/mol. The van der Waals surface area contributed by atoms with Gasteiger partial charge in [-0.2, -0.15) is 13.2 Å². The Bertz CT molecular complexity index is 475. The number of hydrogen-bond acceptors (Lipinski definition) is 2. The largest absolute Gasteiger partial charge is 0.416 e. The van der Waals surface area contributed by atoms with Crippen LogP contribution in [0, 0.1) is 11.7 Å². The number of piperidine rings is 1. The van der Waals surface area contributed by atoms with Gasteiger partial charge in [0.15, 0.2) is 0 Å². The first-order valence-electron chi connectivity index (χ1n) is 7.19. The molecule has 0 bridgehead atoms. The number of likely N-dealkylation sites (tertiary alicyclic amines) is 1. The highest BCUT2D eigenvalue weighted by Crippen LogP contribution is 2.42. The summed E-state index contributed by atoms with van der Waals surface area (Å²) in [5, 5.41) is 0. The molecule has 2 rings (SSSR count). The molecule has 0 amide bonds. The van der Waals surface area contributed by atoms with Gasteiger partial charge in [0.05, 0.1) is 5.56 Å². The van der Waals surface area contributed by atoms with Gasteiger partial charge in [-0.25, -0.2) is 4.39 Å². The minimum Gasteiger partial charge on any atom is -0.330 e. The van der Waals surface area contributed by atoms with Crippen LogP contribution < -0.4 is 5.73 Å². The number of alkyl halides is 3. The Kier molecular flexibility index (Phi) is 4.88. The topological polar surface area (TPSA) is 29.3 Å². The van der Waals surface area contributed by atoms with Gasteiger partial charge in [-0.3, -0.25) is 4.90 Å². The molecule has 1 fully saturated rings. The summed E-state index contributed by atoms with van der Waals surface area (Å²) in [4.78, 5) is 2.00. The molecule has 0 aromatic heterocycles. The van der Waals surface area contributed by atoms with E-state index in [0.29, 0.717) is 19.2 Å².